The first kappa shape index (κ1) is 12.1. The highest BCUT2D eigenvalue weighted by Crippen LogP contribution is 2.34. The van der Waals surface area contributed by atoms with Crippen LogP contribution in [-0.4, -0.2) is 25.0 Å². The minimum absolute atomic E-state index is 0.268. The molecule has 2 N–H and O–H groups in total. The van der Waals surface area contributed by atoms with Gasteiger partial charge in [0.1, 0.15) is 5.78 Å². The van der Waals surface area contributed by atoms with Crippen LogP contribution in [0, 0.1) is 11.8 Å². The summed E-state index contributed by atoms with van der Waals surface area (Å²) in [4.78, 5) is 12.3. The lowest BCUT2D eigenvalue weighted by Gasteiger charge is -2.26. The van der Waals surface area contributed by atoms with Gasteiger partial charge in [-0.1, -0.05) is 0 Å². The molecule has 16 heavy (non-hydrogen) atoms. The molecule has 0 aromatic heterocycles. The van der Waals surface area contributed by atoms with Crippen LogP contribution in [0.5, 0.6) is 0 Å². The lowest BCUT2D eigenvalue weighted by molar-refractivity contribution is -0.127. The van der Waals surface area contributed by atoms with Crippen molar-refractivity contribution in [3.05, 3.63) is 0 Å². The minimum atomic E-state index is 0.268. The normalized spacial score (nSPS) is 39.9. The fourth-order valence-corrected chi connectivity index (χ4v) is 3.15. The van der Waals surface area contributed by atoms with Crippen molar-refractivity contribution in [2.24, 2.45) is 17.6 Å². The van der Waals surface area contributed by atoms with Crippen molar-refractivity contribution < 1.29 is 9.53 Å². The van der Waals surface area contributed by atoms with Crippen molar-refractivity contribution in [1.29, 1.82) is 0 Å². The van der Waals surface area contributed by atoms with E-state index in [4.69, 9.17) is 10.5 Å². The molecule has 0 bridgehead atoms. The number of Topliss-reactive ketones (excluding diaryl/α,β-unsaturated/α-hetero) is 1. The molecule has 0 aromatic rings. The van der Waals surface area contributed by atoms with Gasteiger partial charge in [-0.15, -0.1) is 0 Å². The Morgan fingerprint density at radius 2 is 1.69 bits per heavy atom. The van der Waals surface area contributed by atoms with Crippen molar-refractivity contribution in [2.45, 2.75) is 57.1 Å². The van der Waals surface area contributed by atoms with Gasteiger partial charge in [0.15, 0.2) is 0 Å². The Morgan fingerprint density at radius 3 is 2.25 bits per heavy atom. The van der Waals surface area contributed by atoms with Crippen LogP contribution in [0.2, 0.25) is 0 Å². The number of carbonyl (C=O) groups excluding carboxylic acids is 1. The third-order valence-electron chi connectivity index (χ3n) is 4.29. The van der Waals surface area contributed by atoms with Crippen LogP contribution in [0.25, 0.3) is 0 Å². The van der Waals surface area contributed by atoms with E-state index < -0.39 is 0 Å². The van der Waals surface area contributed by atoms with Crippen molar-refractivity contribution in [2.75, 3.05) is 7.11 Å². The molecule has 0 radical (unpaired) electrons. The van der Waals surface area contributed by atoms with Crippen molar-refractivity contribution in [1.82, 2.24) is 0 Å². The molecule has 2 aliphatic carbocycles. The Morgan fingerprint density at radius 1 is 1.06 bits per heavy atom. The Hall–Kier alpha value is -0.410. The average Bonchev–Trinajstić information content (AvgIpc) is 2.77. The number of methoxy groups -OCH3 is 1. The molecular formula is C13H23NO2. The molecule has 0 aliphatic heterocycles. The van der Waals surface area contributed by atoms with E-state index in [2.05, 4.69) is 0 Å². The van der Waals surface area contributed by atoms with Crippen molar-refractivity contribution in [3.63, 3.8) is 0 Å². The van der Waals surface area contributed by atoms with Crippen molar-refractivity contribution >= 4 is 5.78 Å². The predicted molar refractivity (Wildman–Crippen MR) is 63.1 cm³/mol. The molecule has 2 unspecified atom stereocenters. The smallest absolute Gasteiger partial charge is 0.139 e. The highest BCUT2D eigenvalue weighted by molar-refractivity contribution is 5.83. The third-order valence-corrected chi connectivity index (χ3v) is 4.29. The topological polar surface area (TPSA) is 52.3 Å². The van der Waals surface area contributed by atoms with Gasteiger partial charge < -0.3 is 10.5 Å². The lowest BCUT2D eigenvalue weighted by Crippen LogP contribution is -2.32. The van der Waals surface area contributed by atoms with Crippen LogP contribution < -0.4 is 5.73 Å². The highest BCUT2D eigenvalue weighted by Gasteiger charge is 2.34. The fourth-order valence-electron chi connectivity index (χ4n) is 3.15. The monoisotopic (exact) mass is 225 g/mol. The molecule has 2 atom stereocenters. The zero-order valence-corrected chi connectivity index (χ0v) is 10.2. The molecule has 2 rings (SSSR count). The molecule has 92 valence electrons. The second-order valence-corrected chi connectivity index (χ2v) is 5.38. The second kappa shape index (κ2) is 5.28. The first-order valence-electron chi connectivity index (χ1n) is 6.52. The summed E-state index contributed by atoms with van der Waals surface area (Å²) < 4.78 is 5.32. The molecule has 0 heterocycles. The Kier molecular flexibility index (Phi) is 3.98. The summed E-state index contributed by atoms with van der Waals surface area (Å²) in [7, 11) is 1.75. The fraction of sp³-hybridized carbons (Fsp3) is 0.923. The predicted octanol–water partition coefficient (Wildman–Crippen LogP) is 1.89. The SMILES string of the molecule is COC1CCC(C(=O)C2CCC(N)CC2)C1. The molecule has 0 amide bonds. The molecule has 0 aromatic carbocycles. The zero-order valence-electron chi connectivity index (χ0n) is 10.2. The van der Waals surface area contributed by atoms with Gasteiger partial charge in [-0.25, -0.2) is 0 Å². The van der Waals surface area contributed by atoms with E-state index in [-0.39, 0.29) is 5.92 Å². The number of carbonyl (C=O) groups is 1. The number of hydrogen-bond donors (Lipinski definition) is 1. The van der Waals surface area contributed by atoms with Crippen LogP contribution in [0.1, 0.15) is 44.9 Å². The second-order valence-electron chi connectivity index (χ2n) is 5.38. The summed E-state index contributed by atoms with van der Waals surface area (Å²) in [5.74, 6) is 1.05. The summed E-state index contributed by atoms with van der Waals surface area (Å²) >= 11 is 0. The van der Waals surface area contributed by atoms with Gasteiger partial charge >= 0.3 is 0 Å². The lowest BCUT2D eigenvalue weighted by atomic mass is 9.79. The van der Waals surface area contributed by atoms with E-state index in [1.165, 1.54) is 0 Å². The van der Waals surface area contributed by atoms with E-state index in [0.717, 1.165) is 44.9 Å². The first-order valence-corrected chi connectivity index (χ1v) is 6.52. The maximum atomic E-state index is 12.3. The number of nitrogens with two attached hydrogens (primary N) is 1. The van der Waals surface area contributed by atoms with Crippen LogP contribution in [-0.2, 0) is 9.53 Å². The quantitative estimate of drug-likeness (QED) is 0.798. The number of rotatable bonds is 3. The standard InChI is InChI=1S/C13H23NO2/c1-16-12-7-4-10(8-12)13(15)9-2-5-11(14)6-3-9/h9-12H,2-8,14H2,1H3. The van der Waals surface area contributed by atoms with Gasteiger partial charge in [0.25, 0.3) is 0 Å². The van der Waals surface area contributed by atoms with Gasteiger partial charge in [-0.2, -0.15) is 0 Å². The van der Waals surface area contributed by atoms with E-state index in [9.17, 15) is 4.79 Å². The van der Waals surface area contributed by atoms with E-state index in [1.54, 1.807) is 7.11 Å². The van der Waals surface area contributed by atoms with Crippen LogP contribution in [0.15, 0.2) is 0 Å². The maximum Gasteiger partial charge on any atom is 0.139 e. The van der Waals surface area contributed by atoms with Gasteiger partial charge in [-0.05, 0) is 44.9 Å². The Bertz CT molecular complexity index is 242. The largest absolute Gasteiger partial charge is 0.381 e. The summed E-state index contributed by atoms with van der Waals surface area (Å²) in [6.45, 7) is 0. The Labute approximate surface area is 97.7 Å². The average molecular weight is 225 g/mol. The molecule has 2 saturated carbocycles. The molecule has 2 aliphatic rings. The molecule has 0 saturated heterocycles. The summed E-state index contributed by atoms with van der Waals surface area (Å²) in [5, 5.41) is 0. The van der Waals surface area contributed by atoms with E-state index in [1.807, 2.05) is 0 Å². The van der Waals surface area contributed by atoms with Crippen LogP contribution in [0.3, 0.4) is 0 Å². The minimum Gasteiger partial charge on any atom is -0.381 e. The number of hydrogen-bond acceptors (Lipinski definition) is 3. The van der Waals surface area contributed by atoms with Crippen molar-refractivity contribution in [3.8, 4) is 0 Å². The Balaban J connectivity index is 1.83. The highest BCUT2D eigenvalue weighted by atomic mass is 16.5. The maximum absolute atomic E-state index is 12.3. The van der Waals surface area contributed by atoms with Gasteiger partial charge in [0.05, 0.1) is 6.10 Å². The molecule has 3 nitrogen and oxygen atoms in total. The van der Waals surface area contributed by atoms with Gasteiger partial charge in [-0.3, -0.25) is 4.79 Å². The van der Waals surface area contributed by atoms with Crippen LogP contribution >= 0.6 is 0 Å². The molecule has 3 heteroatoms. The van der Waals surface area contributed by atoms with Gasteiger partial charge in [0, 0.05) is 25.0 Å². The zero-order chi connectivity index (χ0) is 11.5. The molecule has 0 spiro atoms. The number of ether oxygens (including phenoxy) is 1. The van der Waals surface area contributed by atoms with E-state index in [0.29, 0.717) is 23.8 Å². The number of ketones is 1. The molecule has 2 fully saturated rings. The summed E-state index contributed by atoms with van der Waals surface area (Å²) in [6.07, 6.45) is 7.41. The molecular weight excluding hydrogens is 202 g/mol. The van der Waals surface area contributed by atoms with Crippen LogP contribution in [0.4, 0.5) is 0 Å². The summed E-state index contributed by atoms with van der Waals surface area (Å²) in [6, 6.07) is 0.333. The first-order chi connectivity index (χ1) is 7.70. The third kappa shape index (κ3) is 2.64. The van der Waals surface area contributed by atoms with Gasteiger partial charge in [0.2, 0.25) is 0 Å². The van der Waals surface area contributed by atoms with E-state index >= 15 is 0 Å². The summed E-state index contributed by atoms with van der Waals surface area (Å²) in [5.41, 5.74) is 5.86.